The Morgan fingerprint density at radius 3 is 2.67 bits per heavy atom. The number of hydrogen-bond donors (Lipinski definition) is 0. The van der Waals surface area contributed by atoms with Gasteiger partial charge in [0, 0.05) is 18.7 Å². The number of amides is 3. The second kappa shape index (κ2) is 7.14. The Labute approximate surface area is 142 Å². The first-order chi connectivity index (χ1) is 11.6. The van der Waals surface area contributed by atoms with Gasteiger partial charge in [0.1, 0.15) is 12.4 Å². The van der Waals surface area contributed by atoms with Gasteiger partial charge < -0.3 is 9.64 Å². The van der Waals surface area contributed by atoms with Crippen LogP contribution in [0, 0.1) is 5.82 Å². The third-order valence-electron chi connectivity index (χ3n) is 3.72. The van der Waals surface area contributed by atoms with Gasteiger partial charge in [-0.25, -0.2) is 4.39 Å². The summed E-state index contributed by atoms with van der Waals surface area (Å²) in [5, 5.41) is -0.524. The van der Waals surface area contributed by atoms with E-state index < -0.39 is 17.0 Å². The fourth-order valence-corrected chi connectivity index (χ4v) is 3.25. The molecule has 6 nitrogen and oxygen atoms in total. The monoisotopic (exact) mass is 350 g/mol. The van der Waals surface area contributed by atoms with Gasteiger partial charge in [-0.1, -0.05) is 18.2 Å². The van der Waals surface area contributed by atoms with Gasteiger partial charge in [0.15, 0.2) is 0 Å². The molecule has 0 spiro atoms. The van der Waals surface area contributed by atoms with E-state index in [1.54, 1.807) is 17.0 Å². The Balaban J connectivity index is 1.72. The van der Waals surface area contributed by atoms with Crippen molar-refractivity contribution in [3.63, 3.8) is 0 Å². The van der Waals surface area contributed by atoms with E-state index in [-0.39, 0.29) is 22.9 Å². The molecular formula is C16H15FN2O4S. The highest BCUT2D eigenvalue weighted by Gasteiger charge is 2.37. The van der Waals surface area contributed by atoms with Crippen molar-refractivity contribution in [1.29, 1.82) is 0 Å². The lowest BCUT2D eigenvalue weighted by Crippen LogP contribution is -2.46. The molecule has 0 atom stereocenters. The fraction of sp³-hybridized carbons (Fsp3) is 0.312. The van der Waals surface area contributed by atoms with E-state index in [2.05, 4.69) is 0 Å². The summed E-state index contributed by atoms with van der Waals surface area (Å²) in [6, 6.07) is 5.97. The van der Waals surface area contributed by atoms with Gasteiger partial charge in [0.05, 0.1) is 18.1 Å². The van der Waals surface area contributed by atoms with Crippen LogP contribution < -0.4 is 0 Å². The van der Waals surface area contributed by atoms with Crippen LogP contribution in [-0.4, -0.2) is 59.7 Å². The number of carbonyl (C=O) groups excluding carboxylic acids is 3. The molecule has 1 aromatic carbocycles. The van der Waals surface area contributed by atoms with Gasteiger partial charge in [0.2, 0.25) is 5.91 Å². The van der Waals surface area contributed by atoms with Gasteiger partial charge in [-0.15, -0.1) is 0 Å². The van der Waals surface area contributed by atoms with Crippen molar-refractivity contribution in [2.45, 2.75) is 0 Å². The number of thioether (sulfide) groups is 1. The van der Waals surface area contributed by atoms with Crippen LogP contribution >= 0.6 is 11.8 Å². The van der Waals surface area contributed by atoms with E-state index in [9.17, 15) is 18.8 Å². The van der Waals surface area contributed by atoms with Crippen LogP contribution in [0.3, 0.4) is 0 Å². The third kappa shape index (κ3) is 3.49. The highest BCUT2D eigenvalue weighted by atomic mass is 32.2. The Kier molecular flexibility index (Phi) is 4.96. The number of imide groups is 1. The predicted octanol–water partition coefficient (Wildman–Crippen LogP) is 1.72. The standard InChI is InChI=1S/C16H15FN2O4S/c17-12-4-2-1-3-11(12)9-13-15(21)19(16(22)24-13)10-14(20)18-5-7-23-8-6-18/h1-4,9H,5-8,10H2/b13-9+. The summed E-state index contributed by atoms with van der Waals surface area (Å²) in [5.74, 6) is -1.35. The molecule has 2 saturated heterocycles. The van der Waals surface area contributed by atoms with Crippen molar-refractivity contribution in [2.75, 3.05) is 32.8 Å². The number of rotatable bonds is 3. The van der Waals surface area contributed by atoms with E-state index >= 15 is 0 Å². The van der Waals surface area contributed by atoms with Gasteiger partial charge in [-0.05, 0) is 23.9 Å². The zero-order valence-electron chi connectivity index (χ0n) is 12.7. The third-order valence-corrected chi connectivity index (χ3v) is 4.63. The number of benzene rings is 1. The van der Waals surface area contributed by atoms with E-state index in [1.165, 1.54) is 18.2 Å². The molecule has 2 fully saturated rings. The fourth-order valence-electron chi connectivity index (χ4n) is 2.42. The SMILES string of the molecule is O=C(CN1C(=O)S/C(=C/c2ccccc2F)C1=O)N1CCOCC1. The van der Waals surface area contributed by atoms with Crippen molar-refractivity contribution < 1.29 is 23.5 Å². The van der Waals surface area contributed by atoms with Gasteiger partial charge >= 0.3 is 0 Å². The van der Waals surface area contributed by atoms with Crippen LogP contribution in [0.25, 0.3) is 6.08 Å². The Hall–Kier alpha value is -2.19. The molecule has 1 aromatic rings. The first kappa shape index (κ1) is 16.7. The lowest BCUT2D eigenvalue weighted by molar-refractivity contribution is -0.139. The highest BCUT2D eigenvalue weighted by Crippen LogP contribution is 2.32. The van der Waals surface area contributed by atoms with Gasteiger partial charge in [-0.3, -0.25) is 19.3 Å². The van der Waals surface area contributed by atoms with E-state index in [0.29, 0.717) is 38.1 Å². The molecule has 0 unspecified atom stereocenters. The van der Waals surface area contributed by atoms with E-state index in [4.69, 9.17) is 4.74 Å². The minimum atomic E-state index is -0.574. The minimum absolute atomic E-state index is 0.111. The first-order valence-electron chi connectivity index (χ1n) is 7.41. The number of morpholine rings is 1. The number of ether oxygens (including phenoxy) is 1. The molecule has 0 N–H and O–H groups in total. The summed E-state index contributed by atoms with van der Waals surface area (Å²) in [7, 11) is 0. The topological polar surface area (TPSA) is 66.9 Å². The maximum atomic E-state index is 13.7. The van der Waals surface area contributed by atoms with Crippen molar-refractivity contribution in [3.8, 4) is 0 Å². The van der Waals surface area contributed by atoms with Crippen LogP contribution in [-0.2, 0) is 14.3 Å². The molecule has 3 amide bonds. The summed E-state index contributed by atoms with van der Waals surface area (Å²) in [6.07, 6.45) is 1.33. The first-order valence-corrected chi connectivity index (χ1v) is 8.23. The Morgan fingerprint density at radius 2 is 1.96 bits per heavy atom. The number of nitrogens with zero attached hydrogens (tertiary/aromatic N) is 2. The van der Waals surface area contributed by atoms with Crippen molar-refractivity contribution in [3.05, 3.63) is 40.6 Å². The Morgan fingerprint density at radius 1 is 1.25 bits per heavy atom. The molecule has 0 radical (unpaired) electrons. The maximum Gasteiger partial charge on any atom is 0.294 e. The van der Waals surface area contributed by atoms with Crippen molar-refractivity contribution in [2.24, 2.45) is 0 Å². The summed E-state index contributed by atoms with van der Waals surface area (Å²) in [5.41, 5.74) is 0.225. The summed E-state index contributed by atoms with van der Waals surface area (Å²) in [6.45, 7) is 1.47. The van der Waals surface area contributed by atoms with Crippen LogP contribution in [0.5, 0.6) is 0 Å². The van der Waals surface area contributed by atoms with Crippen LogP contribution in [0.2, 0.25) is 0 Å². The summed E-state index contributed by atoms with van der Waals surface area (Å²) < 4.78 is 18.8. The number of carbonyl (C=O) groups is 3. The lowest BCUT2D eigenvalue weighted by atomic mass is 10.2. The summed E-state index contributed by atoms with van der Waals surface area (Å²) >= 11 is 0.710. The second-order valence-electron chi connectivity index (χ2n) is 5.28. The molecule has 0 bridgehead atoms. The molecule has 3 rings (SSSR count). The molecule has 2 heterocycles. The quantitative estimate of drug-likeness (QED) is 0.777. The number of halogens is 1. The zero-order chi connectivity index (χ0) is 17.1. The molecule has 0 aliphatic carbocycles. The van der Waals surface area contributed by atoms with Crippen LogP contribution in [0.4, 0.5) is 9.18 Å². The molecule has 2 aliphatic heterocycles. The molecule has 24 heavy (non-hydrogen) atoms. The highest BCUT2D eigenvalue weighted by molar-refractivity contribution is 8.18. The lowest BCUT2D eigenvalue weighted by Gasteiger charge is -2.28. The molecular weight excluding hydrogens is 335 g/mol. The van der Waals surface area contributed by atoms with E-state index in [1.807, 2.05) is 0 Å². The minimum Gasteiger partial charge on any atom is -0.378 e. The van der Waals surface area contributed by atoms with E-state index in [0.717, 1.165) is 4.90 Å². The maximum absolute atomic E-state index is 13.7. The Bertz CT molecular complexity index is 716. The molecule has 2 aliphatic rings. The molecule has 126 valence electrons. The average Bonchev–Trinajstić information content (AvgIpc) is 2.85. The number of hydrogen-bond acceptors (Lipinski definition) is 5. The smallest absolute Gasteiger partial charge is 0.294 e. The summed E-state index contributed by atoms with van der Waals surface area (Å²) in [4.78, 5) is 39.1. The van der Waals surface area contributed by atoms with Crippen molar-refractivity contribution >= 4 is 34.9 Å². The van der Waals surface area contributed by atoms with Gasteiger partial charge in [-0.2, -0.15) is 0 Å². The van der Waals surface area contributed by atoms with Crippen LogP contribution in [0.1, 0.15) is 5.56 Å². The largest absolute Gasteiger partial charge is 0.378 e. The van der Waals surface area contributed by atoms with Gasteiger partial charge in [0.25, 0.3) is 11.1 Å². The predicted molar refractivity (Wildman–Crippen MR) is 86.5 cm³/mol. The molecule has 0 aromatic heterocycles. The second-order valence-corrected chi connectivity index (χ2v) is 6.28. The molecule has 0 saturated carbocycles. The van der Waals surface area contributed by atoms with Crippen LogP contribution in [0.15, 0.2) is 29.2 Å². The zero-order valence-corrected chi connectivity index (χ0v) is 13.6. The average molecular weight is 350 g/mol. The van der Waals surface area contributed by atoms with Crippen molar-refractivity contribution in [1.82, 2.24) is 9.80 Å². The normalized spacial score (nSPS) is 20.1. The molecule has 8 heteroatoms.